The number of β-amino-alcohol motifs (C(OH)–C–C–N with tert-alkyl or cyclic N) is 1. The summed E-state index contributed by atoms with van der Waals surface area (Å²) >= 11 is 0. The van der Waals surface area contributed by atoms with Gasteiger partial charge in [-0.1, -0.05) is 12.1 Å². The molecule has 3 nitrogen and oxygen atoms in total. The number of aliphatic hydroxyl groups is 1. The molecule has 1 aliphatic carbocycles. The molecule has 2 aromatic rings. The molecule has 1 unspecified atom stereocenters. The second-order valence-corrected chi connectivity index (χ2v) is 5.79. The lowest BCUT2D eigenvalue weighted by Gasteiger charge is -2.44. The second kappa shape index (κ2) is 3.59. The number of aromatic nitrogens is 1. The molecule has 2 aliphatic rings. The second-order valence-electron chi connectivity index (χ2n) is 5.79. The lowest BCUT2D eigenvalue weighted by atomic mass is 9.74. The largest absolute Gasteiger partial charge is 0.392 e. The van der Waals surface area contributed by atoms with Crippen LogP contribution >= 0.6 is 0 Å². The standard InChI is InChI=1S/C15H18N2O/c1-17-8-10(18)6-12-11-3-2-4-13-15(11)9(7-16-13)5-14(12)17/h2-4,7,10,12,14,16,18H,5-6,8H2,1H3/t10?,12-,14-/m1/s1. The van der Waals surface area contributed by atoms with E-state index in [1.54, 1.807) is 0 Å². The highest BCUT2D eigenvalue weighted by Crippen LogP contribution is 2.42. The number of nitrogens with one attached hydrogen (secondary N) is 1. The molecular formula is C15H18N2O. The van der Waals surface area contributed by atoms with Gasteiger partial charge in [-0.15, -0.1) is 0 Å². The molecule has 0 saturated carbocycles. The zero-order valence-electron chi connectivity index (χ0n) is 10.6. The van der Waals surface area contributed by atoms with Crippen molar-refractivity contribution in [3.05, 3.63) is 35.5 Å². The van der Waals surface area contributed by atoms with Crippen molar-refractivity contribution in [1.82, 2.24) is 9.88 Å². The van der Waals surface area contributed by atoms with E-state index in [9.17, 15) is 5.11 Å². The molecule has 2 N–H and O–H groups in total. The van der Waals surface area contributed by atoms with Crippen molar-refractivity contribution in [2.45, 2.75) is 30.9 Å². The summed E-state index contributed by atoms with van der Waals surface area (Å²) in [5, 5.41) is 11.4. The molecule has 1 aromatic heterocycles. The first-order chi connectivity index (χ1) is 8.74. The Morgan fingerprint density at radius 3 is 3.17 bits per heavy atom. The molecule has 0 radical (unpaired) electrons. The van der Waals surface area contributed by atoms with E-state index in [0.29, 0.717) is 12.0 Å². The van der Waals surface area contributed by atoms with Gasteiger partial charge in [-0.25, -0.2) is 0 Å². The van der Waals surface area contributed by atoms with Crippen molar-refractivity contribution in [2.75, 3.05) is 13.6 Å². The third kappa shape index (κ3) is 1.32. The van der Waals surface area contributed by atoms with Gasteiger partial charge >= 0.3 is 0 Å². The Kier molecular flexibility index (Phi) is 2.11. The summed E-state index contributed by atoms with van der Waals surface area (Å²) in [5.74, 6) is 0.478. The van der Waals surface area contributed by atoms with Crippen LogP contribution < -0.4 is 0 Å². The van der Waals surface area contributed by atoms with Crippen LogP contribution in [-0.2, 0) is 6.42 Å². The fourth-order valence-electron chi connectivity index (χ4n) is 3.91. The number of aromatic amines is 1. The number of rotatable bonds is 0. The average molecular weight is 242 g/mol. The van der Waals surface area contributed by atoms with Gasteiger partial charge in [0.15, 0.2) is 0 Å². The summed E-state index contributed by atoms with van der Waals surface area (Å²) in [7, 11) is 2.14. The highest BCUT2D eigenvalue weighted by atomic mass is 16.3. The number of fused-ring (bicyclic) bond motifs is 2. The number of hydrogen-bond donors (Lipinski definition) is 2. The fourth-order valence-corrected chi connectivity index (χ4v) is 3.91. The lowest BCUT2D eigenvalue weighted by molar-refractivity contribution is 0.0354. The maximum absolute atomic E-state index is 10.0. The number of aliphatic hydroxyl groups excluding tert-OH is 1. The third-order valence-corrected chi connectivity index (χ3v) is 4.70. The summed E-state index contributed by atoms with van der Waals surface area (Å²) < 4.78 is 0. The van der Waals surface area contributed by atoms with E-state index in [-0.39, 0.29) is 6.10 Å². The monoisotopic (exact) mass is 242 g/mol. The number of likely N-dealkylation sites (N-methyl/N-ethyl adjacent to an activating group) is 1. The fraction of sp³-hybridized carbons (Fsp3) is 0.467. The molecule has 94 valence electrons. The predicted octanol–water partition coefficient (Wildman–Crippen LogP) is 1.87. The van der Waals surface area contributed by atoms with Crippen LogP contribution in [0.3, 0.4) is 0 Å². The van der Waals surface area contributed by atoms with Crippen molar-refractivity contribution in [3.63, 3.8) is 0 Å². The Labute approximate surface area is 106 Å². The van der Waals surface area contributed by atoms with Gasteiger partial charge < -0.3 is 10.1 Å². The molecule has 1 saturated heterocycles. The average Bonchev–Trinajstić information content (AvgIpc) is 2.76. The molecule has 1 aliphatic heterocycles. The summed E-state index contributed by atoms with van der Waals surface area (Å²) in [4.78, 5) is 5.70. The van der Waals surface area contributed by atoms with Gasteiger partial charge in [-0.2, -0.15) is 0 Å². The SMILES string of the molecule is CN1CC(O)C[C@@H]2c3cccc4[nH]cc(c34)C[C@H]21. The summed E-state index contributed by atoms with van der Waals surface area (Å²) in [6.45, 7) is 0.802. The van der Waals surface area contributed by atoms with Gasteiger partial charge in [0.05, 0.1) is 6.10 Å². The zero-order chi connectivity index (χ0) is 12.3. The number of likely N-dealkylation sites (tertiary alicyclic amines) is 1. The van der Waals surface area contributed by atoms with Crippen molar-refractivity contribution >= 4 is 10.9 Å². The Morgan fingerprint density at radius 1 is 1.39 bits per heavy atom. The third-order valence-electron chi connectivity index (χ3n) is 4.70. The minimum Gasteiger partial charge on any atom is -0.392 e. The van der Waals surface area contributed by atoms with Gasteiger partial charge in [0, 0.05) is 35.6 Å². The first-order valence-corrected chi connectivity index (χ1v) is 6.71. The molecular weight excluding hydrogens is 224 g/mol. The van der Waals surface area contributed by atoms with Gasteiger partial charge in [0.1, 0.15) is 0 Å². The molecule has 0 spiro atoms. The van der Waals surface area contributed by atoms with Crippen molar-refractivity contribution < 1.29 is 5.11 Å². The molecule has 0 amide bonds. The van der Waals surface area contributed by atoms with Crippen molar-refractivity contribution in [3.8, 4) is 0 Å². The Morgan fingerprint density at radius 2 is 2.28 bits per heavy atom. The van der Waals surface area contributed by atoms with Crippen LogP contribution in [0.25, 0.3) is 10.9 Å². The Balaban J connectivity index is 1.92. The van der Waals surface area contributed by atoms with Crippen LogP contribution in [0.1, 0.15) is 23.5 Å². The Hall–Kier alpha value is -1.32. The van der Waals surface area contributed by atoms with Gasteiger partial charge in [-0.05, 0) is 37.1 Å². The molecule has 2 heterocycles. The topological polar surface area (TPSA) is 39.3 Å². The maximum atomic E-state index is 10.0. The molecule has 18 heavy (non-hydrogen) atoms. The number of piperidine rings is 1. The van der Waals surface area contributed by atoms with E-state index in [1.165, 1.54) is 22.0 Å². The highest BCUT2D eigenvalue weighted by molar-refractivity contribution is 5.88. The number of nitrogens with zero attached hydrogens (tertiary/aromatic N) is 1. The molecule has 1 aromatic carbocycles. The van der Waals surface area contributed by atoms with Crippen LogP contribution in [0.4, 0.5) is 0 Å². The van der Waals surface area contributed by atoms with Gasteiger partial charge in [-0.3, -0.25) is 4.90 Å². The minimum atomic E-state index is -0.188. The summed E-state index contributed by atoms with van der Waals surface area (Å²) in [6, 6.07) is 7.05. The number of H-pyrrole nitrogens is 1. The predicted molar refractivity (Wildman–Crippen MR) is 71.8 cm³/mol. The summed E-state index contributed by atoms with van der Waals surface area (Å²) in [5.41, 5.74) is 4.10. The lowest BCUT2D eigenvalue weighted by Crippen LogP contribution is -2.49. The number of benzene rings is 1. The zero-order valence-corrected chi connectivity index (χ0v) is 10.6. The van der Waals surface area contributed by atoms with Crippen LogP contribution in [0.2, 0.25) is 0 Å². The van der Waals surface area contributed by atoms with E-state index in [0.717, 1.165) is 19.4 Å². The Bertz CT molecular complexity index is 604. The van der Waals surface area contributed by atoms with Gasteiger partial charge in [0.25, 0.3) is 0 Å². The van der Waals surface area contributed by atoms with Crippen LogP contribution in [0, 0.1) is 0 Å². The molecule has 0 bridgehead atoms. The van der Waals surface area contributed by atoms with Crippen LogP contribution in [-0.4, -0.2) is 40.7 Å². The smallest absolute Gasteiger partial charge is 0.0673 e. The van der Waals surface area contributed by atoms with Crippen molar-refractivity contribution in [2.24, 2.45) is 0 Å². The minimum absolute atomic E-state index is 0.188. The first kappa shape index (κ1) is 10.6. The van der Waals surface area contributed by atoms with E-state index >= 15 is 0 Å². The quantitative estimate of drug-likeness (QED) is 0.740. The first-order valence-electron chi connectivity index (χ1n) is 6.71. The molecule has 1 fully saturated rings. The van der Waals surface area contributed by atoms with E-state index < -0.39 is 0 Å². The van der Waals surface area contributed by atoms with Gasteiger partial charge in [0.2, 0.25) is 0 Å². The normalized spacial score (nSPS) is 31.6. The maximum Gasteiger partial charge on any atom is 0.0673 e. The van der Waals surface area contributed by atoms with E-state index in [4.69, 9.17) is 0 Å². The molecule has 3 atom stereocenters. The van der Waals surface area contributed by atoms with Crippen molar-refractivity contribution in [1.29, 1.82) is 0 Å². The van der Waals surface area contributed by atoms with E-state index in [1.807, 2.05) is 0 Å². The highest BCUT2D eigenvalue weighted by Gasteiger charge is 2.38. The number of hydrogen-bond acceptors (Lipinski definition) is 2. The molecule has 3 heteroatoms. The van der Waals surface area contributed by atoms with E-state index in [2.05, 4.69) is 41.3 Å². The summed E-state index contributed by atoms with van der Waals surface area (Å²) in [6.07, 6.45) is 3.97. The van der Waals surface area contributed by atoms with Crippen LogP contribution in [0.5, 0.6) is 0 Å². The molecule has 4 rings (SSSR count). The van der Waals surface area contributed by atoms with Crippen LogP contribution in [0.15, 0.2) is 24.4 Å².